The Morgan fingerprint density at radius 3 is 2.32 bits per heavy atom. The minimum Gasteiger partial charge on any atom is -0.462 e. The number of hydrogen-bond acceptors (Lipinski definition) is 6. The lowest BCUT2D eigenvalue weighted by Gasteiger charge is -2.33. The van der Waals surface area contributed by atoms with Crippen LogP contribution >= 0.6 is 0 Å². The maximum atomic E-state index is 13.4. The number of nitrogens with zero attached hydrogens (tertiary/aromatic N) is 3. The fourth-order valence-corrected chi connectivity index (χ4v) is 4.62. The van der Waals surface area contributed by atoms with E-state index < -0.39 is 33.5 Å². The monoisotopic (exact) mass is 453 g/mol. The van der Waals surface area contributed by atoms with Crippen molar-refractivity contribution in [1.29, 1.82) is 0 Å². The van der Waals surface area contributed by atoms with Crippen molar-refractivity contribution in [2.75, 3.05) is 32.8 Å². The highest BCUT2D eigenvalue weighted by Crippen LogP contribution is 2.20. The summed E-state index contributed by atoms with van der Waals surface area (Å²) in [5, 5.41) is 0. The van der Waals surface area contributed by atoms with E-state index >= 15 is 0 Å². The van der Waals surface area contributed by atoms with Crippen molar-refractivity contribution in [3.05, 3.63) is 58.9 Å². The molecule has 0 spiro atoms. The molecule has 3 rings (SSSR count). The Morgan fingerprint density at radius 2 is 1.74 bits per heavy atom. The molecule has 166 valence electrons. The number of aromatic nitrogens is 1. The summed E-state index contributed by atoms with van der Waals surface area (Å²) in [5.41, 5.74) is 0.743. The van der Waals surface area contributed by atoms with Gasteiger partial charge < -0.3 is 9.64 Å². The molecule has 0 N–H and O–H groups in total. The van der Waals surface area contributed by atoms with Crippen molar-refractivity contribution in [1.82, 2.24) is 14.2 Å². The quantitative estimate of drug-likeness (QED) is 0.643. The zero-order valence-corrected chi connectivity index (χ0v) is 17.8. The number of amides is 1. The number of sulfonamides is 1. The van der Waals surface area contributed by atoms with E-state index in [4.69, 9.17) is 4.74 Å². The van der Waals surface area contributed by atoms with Crippen LogP contribution in [0.5, 0.6) is 0 Å². The average Bonchev–Trinajstić information content (AvgIpc) is 2.75. The Bertz CT molecular complexity index is 1120. The predicted octanol–water partition coefficient (Wildman–Crippen LogP) is 1.99. The highest BCUT2D eigenvalue weighted by molar-refractivity contribution is 7.89. The number of ether oxygens (including phenoxy) is 1. The number of pyridine rings is 1. The van der Waals surface area contributed by atoms with Crippen molar-refractivity contribution in [2.45, 2.75) is 18.7 Å². The summed E-state index contributed by atoms with van der Waals surface area (Å²) in [4.78, 5) is 29.9. The van der Waals surface area contributed by atoms with Crippen LogP contribution in [0.4, 0.5) is 8.78 Å². The van der Waals surface area contributed by atoms with Crippen LogP contribution in [0.25, 0.3) is 0 Å². The van der Waals surface area contributed by atoms with E-state index in [1.54, 1.807) is 13.8 Å². The van der Waals surface area contributed by atoms with Crippen molar-refractivity contribution in [2.24, 2.45) is 0 Å². The number of piperazine rings is 1. The predicted molar refractivity (Wildman–Crippen MR) is 106 cm³/mol. The number of esters is 1. The molecule has 0 bridgehead atoms. The van der Waals surface area contributed by atoms with Gasteiger partial charge in [0.2, 0.25) is 10.0 Å². The first-order chi connectivity index (χ1) is 14.6. The van der Waals surface area contributed by atoms with Crippen molar-refractivity contribution in [3.63, 3.8) is 0 Å². The third-order valence-corrected chi connectivity index (χ3v) is 6.75. The molecular formula is C20H21F2N3O5S. The number of aryl methyl sites for hydroxylation is 1. The molecule has 2 heterocycles. The molecule has 11 heteroatoms. The maximum absolute atomic E-state index is 13.4. The molecule has 8 nitrogen and oxygen atoms in total. The Hall–Kier alpha value is -2.92. The van der Waals surface area contributed by atoms with E-state index in [9.17, 15) is 26.8 Å². The molecule has 1 aliphatic heterocycles. The van der Waals surface area contributed by atoms with Crippen LogP contribution < -0.4 is 0 Å². The van der Waals surface area contributed by atoms with Gasteiger partial charge in [0.1, 0.15) is 5.69 Å². The third kappa shape index (κ3) is 4.72. The molecule has 0 unspecified atom stereocenters. The van der Waals surface area contributed by atoms with Crippen LogP contribution in [-0.2, 0) is 14.8 Å². The van der Waals surface area contributed by atoms with E-state index in [0.29, 0.717) is 11.8 Å². The van der Waals surface area contributed by atoms with Gasteiger partial charge in [0.15, 0.2) is 11.6 Å². The van der Waals surface area contributed by atoms with Gasteiger partial charge >= 0.3 is 5.97 Å². The first-order valence-electron chi connectivity index (χ1n) is 9.54. The minimum absolute atomic E-state index is 0.00698. The zero-order chi connectivity index (χ0) is 22.8. The summed E-state index contributed by atoms with van der Waals surface area (Å²) in [6, 6.07) is 5.29. The molecule has 31 heavy (non-hydrogen) atoms. The normalized spacial score (nSPS) is 15.0. The molecule has 1 aromatic heterocycles. The summed E-state index contributed by atoms with van der Waals surface area (Å²) in [6.07, 6.45) is 0. The van der Waals surface area contributed by atoms with E-state index in [1.165, 1.54) is 17.0 Å². The third-order valence-electron chi connectivity index (χ3n) is 4.85. The number of benzene rings is 1. The second-order valence-corrected chi connectivity index (χ2v) is 8.76. The molecular weight excluding hydrogens is 432 g/mol. The van der Waals surface area contributed by atoms with Gasteiger partial charge in [-0.2, -0.15) is 4.31 Å². The van der Waals surface area contributed by atoms with Gasteiger partial charge in [0.05, 0.1) is 22.8 Å². The van der Waals surface area contributed by atoms with Crippen LogP contribution in [0.1, 0.15) is 33.5 Å². The van der Waals surface area contributed by atoms with Crippen LogP contribution in [0, 0.1) is 18.6 Å². The number of rotatable bonds is 5. The largest absolute Gasteiger partial charge is 0.462 e. The van der Waals surface area contributed by atoms with Gasteiger partial charge in [0.25, 0.3) is 5.91 Å². The highest BCUT2D eigenvalue weighted by Gasteiger charge is 2.31. The number of carbonyl (C=O) groups is 2. The van der Waals surface area contributed by atoms with E-state index in [1.807, 2.05) is 0 Å². The molecule has 1 saturated heterocycles. The Labute approximate surface area is 178 Å². The van der Waals surface area contributed by atoms with E-state index in [0.717, 1.165) is 16.4 Å². The van der Waals surface area contributed by atoms with Crippen molar-refractivity contribution < 1.29 is 31.5 Å². The van der Waals surface area contributed by atoms with Crippen LogP contribution in [-0.4, -0.2) is 67.3 Å². The van der Waals surface area contributed by atoms with E-state index in [-0.39, 0.29) is 48.9 Å². The van der Waals surface area contributed by atoms with Crippen molar-refractivity contribution in [3.8, 4) is 0 Å². The SMILES string of the molecule is CCOC(=O)c1ccc(C(=O)N2CCN(S(=O)(=O)c3ccc(F)c(F)c3)CC2)nc1C. The van der Waals surface area contributed by atoms with Crippen LogP contribution in [0.2, 0.25) is 0 Å². The summed E-state index contributed by atoms with van der Waals surface area (Å²) in [6.45, 7) is 3.68. The number of carbonyl (C=O) groups excluding carboxylic acids is 2. The average molecular weight is 453 g/mol. The van der Waals surface area contributed by atoms with Crippen molar-refractivity contribution >= 4 is 21.9 Å². The molecule has 0 saturated carbocycles. The van der Waals surface area contributed by atoms with Crippen LogP contribution in [0.3, 0.4) is 0 Å². The first-order valence-corrected chi connectivity index (χ1v) is 11.0. The summed E-state index contributed by atoms with van der Waals surface area (Å²) < 4.78 is 57.9. The topological polar surface area (TPSA) is 96.9 Å². The smallest absolute Gasteiger partial charge is 0.339 e. The Balaban J connectivity index is 1.69. The second-order valence-electron chi connectivity index (χ2n) is 6.82. The summed E-state index contributed by atoms with van der Waals surface area (Å²) in [7, 11) is -4.02. The molecule has 1 aliphatic rings. The molecule has 1 fully saturated rings. The lowest BCUT2D eigenvalue weighted by molar-refractivity contribution is 0.0523. The summed E-state index contributed by atoms with van der Waals surface area (Å²) in [5.74, 6) is -3.31. The molecule has 1 aromatic carbocycles. The van der Waals surface area contributed by atoms with Gasteiger partial charge in [0, 0.05) is 26.2 Å². The highest BCUT2D eigenvalue weighted by atomic mass is 32.2. The van der Waals surface area contributed by atoms with Gasteiger partial charge in [-0.05, 0) is 44.2 Å². The standard InChI is InChI=1S/C20H21F2N3O5S/c1-3-30-20(27)15-5-7-18(23-13(15)2)19(26)24-8-10-25(11-9-24)31(28,29)14-4-6-16(21)17(22)12-14/h4-7,12H,3,8-11H2,1-2H3. The molecule has 0 atom stereocenters. The van der Waals surface area contributed by atoms with Gasteiger partial charge in [-0.1, -0.05) is 0 Å². The maximum Gasteiger partial charge on any atom is 0.339 e. The molecule has 0 radical (unpaired) electrons. The lowest BCUT2D eigenvalue weighted by Crippen LogP contribution is -2.50. The molecule has 0 aliphatic carbocycles. The van der Waals surface area contributed by atoms with Gasteiger partial charge in [-0.15, -0.1) is 0 Å². The minimum atomic E-state index is -4.02. The first kappa shape index (κ1) is 22.8. The Morgan fingerprint density at radius 1 is 1.06 bits per heavy atom. The fourth-order valence-electron chi connectivity index (χ4n) is 3.18. The number of hydrogen-bond donors (Lipinski definition) is 0. The fraction of sp³-hybridized carbons (Fsp3) is 0.350. The zero-order valence-electron chi connectivity index (χ0n) is 17.0. The Kier molecular flexibility index (Phi) is 6.65. The van der Waals surface area contributed by atoms with E-state index in [2.05, 4.69) is 4.98 Å². The lowest BCUT2D eigenvalue weighted by atomic mass is 10.1. The molecule has 2 aromatic rings. The van der Waals surface area contributed by atoms with Gasteiger partial charge in [-0.25, -0.2) is 27.0 Å². The molecule has 1 amide bonds. The summed E-state index contributed by atoms with van der Waals surface area (Å²) >= 11 is 0. The second kappa shape index (κ2) is 9.06. The number of halogens is 2. The van der Waals surface area contributed by atoms with Gasteiger partial charge in [-0.3, -0.25) is 4.79 Å². The van der Waals surface area contributed by atoms with Crippen LogP contribution in [0.15, 0.2) is 35.2 Å².